The first-order valence-electron chi connectivity index (χ1n) is 10.2. The van der Waals surface area contributed by atoms with Crippen molar-refractivity contribution < 1.29 is 14.1 Å². The Morgan fingerprint density at radius 3 is 2.66 bits per heavy atom. The van der Waals surface area contributed by atoms with E-state index in [0.29, 0.717) is 35.9 Å². The number of hydrogen-bond donors (Lipinski definition) is 2. The van der Waals surface area contributed by atoms with E-state index >= 15 is 0 Å². The lowest BCUT2D eigenvalue weighted by Crippen LogP contribution is -2.25. The molecule has 0 aliphatic rings. The van der Waals surface area contributed by atoms with Crippen LogP contribution in [0.4, 0.5) is 5.69 Å². The molecule has 0 bridgehead atoms. The van der Waals surface area contributed by atoms with E-state index in [0.717, 1.165) is 16.7 Å². The first-order valence-corrected chi connectivity index (χ1v) is 11.1. The number of nitrogens with zero attached hydrogens (tertiary/aromatic N) is 2. The second-order valence-electron chi connectivity index (χ2n) is 7.29. The molecule has 0 saturated heterocycles. The fourth-order valence-corrected chi connectivity index (χ4v) is 3.71. The minimum absolute atomic E-state index is 0.157. The third-order valence-electron chi connectivity index (χ3n) is 4.83. The molecule has 0 aliphatic carbocycles. The smallest absolute Gasteiger partial charge is 0.253 e. The molecule has 2 amide bonds. The summed E-state index contributed by atoms with van der Waals surface area (Å²) in [7, 11) is 0. The van der Waals surface area contributed by atoms with Crippen molar-refractivity contribution in [3.63, 3.8) is 0 Å². The van der Waals surface area contributed by atoms with Crippen LogP contribution in [0.5, 0.6) is 0 Å². The van der Waals surface area contributed by atoms with E-state index < -0.39 is 0 Å². The zero-order valence-electron chi connectivity index (χ0n) is 17.5. The Kier molecular flexibility index (Phi) is 6.72. The lowest BCUT2D eigenvalue weighted by atomic mass is 10.1. The summed E-state index contributed by atoms with van der Waals surface area (Å²) in [4.78, 5) is 29.5. The zero-order valence-corrected chi connectivity index (χ0v) is 18.3. The highest BCUT2D eigenvalue weighted by Gasteiger charge is 2.15. The number of aromatic nitrogens is 2. The van der Waals surface area contributed by atoms with Crippen LogP contribution in [0.25, 0.3) is 11.4 Å². The highest BCUT2D eigenvalue weighted by molar-refractivity contribution is 7.08. The van der Waals surface area contributed by atoms with Gasteiger partial charge in [0.1, 0.15) is 0 Å². The van der Waals surface area contributed by atoms with Gasteiger partial charge in [0.05, 0.1) is 11.3 Å². The fourth-order valence-electron chi connectivity index (χ4n) is 3.07. The molecule has 2 heterocycles. The Morgan fingerprint density at radius 2 is 1.88 bits per heavy atom. The largest absolute Gasteiger partial charge is 0.348 e. The van der Waals surface area contributed by atoms with Crippen molar-refractivity contribution in [2.75, 3.05) is 5.32 Å². The average molecular weight is 447 g/mol. The molecule has 0 aliphatic heterocycles. The summed E-state index contributed by atoms with van der Waals surface area (Å²) in [6, 6.07) is 16.8. The minimum atomic E-state index is -0.251. The maximum atomic E-state index is 12.7. The van der Waals surface area contributed by atoms with Crippen LogP contribution in [-0.2, 0) is 17.8 Å². The molecular formula is C24H22N4O3S. The van der Waals surface area contributed by atoms with Gasteiger partial charge in [-0.05, 0) is 36.1 Å². The van der Waals surface area contributed by atoms with Crippen LogP contribution in [-0.4, -0.2) is 22.0 Å². The fraction of sp³-hybridized carbons (Fsp3) is 0.167. The summed E-state index contributed by atoms with van der Waals surface area (Å²) in [5, 5.41) is 13.5. The third-order valence-corrected chi connectivity index (χ3v) is 5.52. The molecule has 2 aromatic carbocycles. The SMILES string of the molecule is Cc1ccc(CNC(=O)c2ccccc2NC(=O)CCc2nc(-c3ccsc3)no2)cc1. The molecule has 7 nitrogen and oxygen atoms in total. The number of para-hydroxylation sites is 1. The molecule has 162 valence electrons. The quantitative estimate of drug-likeness (QED) is 0.412. The van der Waals surface area contributed by atoms with E-state index in [1.165, 1.54) is 0 Å². The summed E-state index contributed by atoms with van der Waals surface area (Å²) in [6.45, 7) is 2.42. The van der Waals surface area contributed by atoms with Crippen LogP contribution in [0, 0.1) is 6.92 Å². The van der Waals surface area contributed by atoms with E-state index in [-0.39, 0.29) is 18.2 Å². The summed E-state index contributed by atoms with van der Waals surface area (Å²) < 4.78 is 5.23. The van der Waals surface area contributed by atoms with Gasteiger partial charge >= 0.3 is 0 Å². The third kappa shape index (κ3) is 5.47. The van der Waals surface area contributed by atoms with Gasteiger partial charge in [0.2, 0.25) is 17.6 Å². The minimum Gasteiger partial charge on any atom is -0.348 e. The van der Waals surface area contributed by atoms with Gasteiger partial charge in [-0.15, -0.1) is 0 Å². The molecule has 32 heavy (non-hydrogen) atoms. The predicted molar refractivity (Wildman–Crippen MR) is 123 cm³/mol. The van der Waals surface area contributed by atoms with Crippen molar-refractivity contribution in [2.45, 2.75) is 26.3 Å². The number of nitrogens with one attached hydrogen (secondary N) is 2. The molecule has 0 unspecified atom stereocenters. The number of carbonyl (C=O) groups excluding carboxylic acids is 2. The van der Waals surface area contributed by atoms with Crippen molar-refractivity contribution in [3.8, 4) is 11.4 Å². The van der Waals surface area contributed by atoms with Crippen molar-refractivity contribution in [1.82, 2.24) is 15.5 Å². The zero-order chi connectivity index (χ0) is 22.3. The van der Waals surface area contributed by atoms with Gasteiger partial charge in [-0.3, -0.25) is 9.59 Å². The van der Waals surface area contributed by atoms with Crippen molar-refractivity contribution in [3.05, 3.63) is 87.9 Å². The normalized spacial score (nSPS) is 10.7. The number of carbonyl (C=O) groups is 2. The number of anilines is 1. The van der Waals surface area contributed by atoms with Gasteiger partial charge in [-0.1, -0.05) is 47.1 Å². The van der Waals surface area contributed by atoms with E-state index in [1.54, 1.807) is 35.6 Å². The molecule has 0 fully saturated rings. The maximum Gasteiger partial charge on any atom is 0.253 e. The van der Waals surface area contributed by atoms with E-state index in [2.05, 4.69) is 20.8 Å². The first kappa shape index (κ1) is 21.5. The number of rotatable bonds is 8. The Hall–Kier alpha value is -3.78. The summed E-state index contributed by atoms with van der Waals surface area (Å²) in [5.74, 6) is 0.417. The number of amides is 2. The highest BCUT2D eigenvalue weighted by atomic mass is 32.1. The second kappa shape index (κ2) is 10.0. The van der Waals surface area contributed by atoms with Crippen LogP contribution in [0.3, 0.4) is 0 Å². The van der Waals surface area contributed by atoms with Gasteiger partial charge in [0, 0.05) is 30.3 Å². The molecule has 4 aromatic rings. The number of hydrogen-bond acceptors (Lipinski definition) is 6. The molecule has 0 spiro atoms. The van der Waals surface area contributed by atoms with Crippen LogP contribution < -0.4 is 10.6 Å². The van der Waals surface area contributed by atoms with Gasteiger partial charge in [0.15, 0.2) is 0 Å². The summed E-state index contributed by atoms with van der Waals surface area (Å²) in [6.07, 6.45) is 0.468. The van der Waals surface area contributed by atoms with Gasteiger partial charge < -0.3 is 15.2 Å². The molecule has 0 atom stereocenters. The Morgan fingerprint density at radius 1 is 1.06 bits per heavy atom. The Labute approximate surface area is 189 Å². The summed E-state index contributed by atoms with van der Waals surface area (Å²) >= 11 is 1.55. The lowest BCUT2D eigenvalue weighted by molar-refractivity contribution is -0.116. The van der Waals surface area contributed by atoms with Crippen LogP contribution in [0.1, 0.15) is 33.8 Å². The maximum absolute atomic E-state index is 12.7. The Bertz CT molecular complexity index is 1200. The Balaban J connectivity index is 1.33. The van der Waals surface area contributed by atoms with Gasteiger partial charge in [0.25, 0.3) is 5.91 Å². The number of aryl methyl sites for hydroxylation is 2. The number of thiophene rings is 1. The van der Waals surface area contributed by atoms with Crippen LogP contribution in [0.2, 0.25) is 0 Å². The molecule has 2 N–H and O–H groups in total. The molecular weight excluding hydrogens is 424 g/mol. The van der Waals surface area contributed by atoms with E-state index in [1.807, 2.05) is 48.0 Å². The van der Waals surface area contributed by atoms with E-state index in [4.69, 9.17) is 4.52 Å². The lowest BCUT2D eigenvalue weighted by Gasteiger charge is -2.11. The predicted octanol–water partition coefficient (Wildman–Crippen LogP) is 4.61. The standard InChI is InChI=1S/C24H22N4O3S/c1-16-6-8-17(9-7-16)14-25-24(30)19-4-2-3-5-20(19)26-21(29)10-11-22-27-23(28-31-22)18-12-13-32-15-18/h2-9,12-13,15H,10-11,14H2,1H3,(H,25,30)(H,26,29). The topological polar surface area (TPSA) is 97.1 Å². The van der Waals surface area contributed by atoms with Crippen LogP contribution >= 0.6 is 11.3 Å². The summed E-state index contributed by atoms with van der Waals surface area (Å²) in [5.41, 5.74) is 3.93. The van der Waals surface area contributed by atoms with Crippen molar-refractivity contribution in [1.29, 1.82) is 0 Å². The van der Waals surface area contributed by atoms with E-state index in [9.17, 15) is 9.59 Å². The molecule has 8 heteroatoms. The van der Waals surface area contributed by atoms with Gasteiger partial charge in [-0.25, -0.2) is 0 Å². The van der Waals surface area contributed by atoms with Crippen molar-refractivity contribution in [2.24, 2.45) is 0 Å². The van der Waals surface area contributed by atoms with Gasteiger partial charge in [-0.2, -0.15) is 16.3 Å². The molecule has 0 saturated carbocycles. The molecule has 2 aromatic heterocycles. The second-order valence-corrected chi connectivity index (χ2v) is 8.07. The van der Waals surface area contributed by atoms with Crippen molar-refractivity contribution >= 4 is 28.8 Å². The van der Waals surface area contributed by atoms with Crippen LogP contribution in [0.15, 0.2) is 69.9 Å². The average Bonchev–Trinajstić information content (AvgIpc) is 3.49. The monoisotopic (exact) mass is 446 g/mol. The number of benzene rings is 2. The molecule has 4 rings (SSSR count). The molecule has 0 radical (unpaired) electrons. The highest BCUT2D eigenvalue weighted by Crippen LogP contribution is 2.19. The first-order chi connectivity index (χ1) is 15.6.